The van der Waals surface area contributed by atoms with E-state index in [-0.39, 0.29) is 6.04 Å². The molecule has 0 aliphatic rings. The van der Waals surface area contributed by atoms with Crippen LogP contribution in [0.25, 0.3) is 0 Å². The van der Waals surface area contributed by atoms with Crippen LogP contribution in [0.15, 0.2) is 40.9 Å². The Morgan fingerprint density at radius 2 is 1.80 bits per heavy atom. The molecular formula is C16H16BrCl2N. The molecule has 2 aromatic carbocycles. The maximum absolute atomic E-state index is 6.25. The first kappa shape index (κ1) is 15.8. The maximum Gasteiger partial charge on any atom is 0.0453 e. The van der Waals surface area contributed by atoms with Crippen molar-refractivity contribution in [3.8, 4) is 0 Å². The van der Waals surface area contributed by atoms with Crippen LogP contribution in [0, 0.1) is 6.92 Å². The van der Waals surface area contributed by atoms with Crippen molar-refractivity contribution in [2.45, 2.75) is 19.4 Å². The second-order valence-corrected chi connectivity index (χ2v) is 6.42. The second-order valence-electron chi connectivity index (χ2n) is 4.75. The Kier molecular flexibility index (Phi) is 5.50. The summed E-state index contributed by atoms with van der Waals surface area (Å²) >= 11 is 16.1. The average molecular weight is 373 g/mol. The summed E-state index contributed by atoms with van der Waals surface area (Å²) in [6, 6.07) is 12.2. The van der Waals surface area contributed by atoms with Gasteiger partial charge in [0.15, 0.2) is 0 Å². The van der Waals surface area contributed by atoms with Gasteiger partial charge in [-0.15, -0.1) is 0 Å². The lowest BCUT2D eigenvalue weighted by atomic mass is 9.98. The Hall–Kier alpha value is -0.540. The van der Waals surface area contributed by atoms with E-state index < -0.39 is 0 Å². The van der Waals surface area contributed by atoms with Gasteiger partial charge in [-0.25, -0.2) is 0 Å². The van der Waals surface area contributed by atoms with E-state index in [2.05, 4.69) is 46.4 Å². The molecule has 0 fully saturated rings. The van der Waals surface area contributed by atoms with Crippen LogP contribution in [-0.2, 0) is 6.42 Å². The van der Waals surface area contributed by atoms with Gasteiger partial charge in [0.05, 0.1) is 0 Å². The molecule has 0 heterocycles. The van der Waals surface area contributed by atoms with Crippen LogP contribution in [0.5, 0.6) is 0 Å². The van der Waals surface area contributed by atoms with Crippen molar-refractivity contribution in [2.24, 2.45) is 0 Å². The zero-order valence-corrected chi connectivity index (χ0v) is 14.5. The van der Waals surface area contributed by atoms with E-state index in [9.17, 15) is 0 Å². The number of likely N-dealkylation sites (N-methyl/N-ethyl adjacent to an activating group) is 1. The normalized spacial score (nSPS) is 12.4. The van der Waals surface area contributed by atoms with Gasteiger partial charge < -0.3 is 5.32 Å². The summed E-state index contributed by atoms with van der Waals surface area (Å²) in [5.41, 5.74) is 3.41. The molecule has 20 heavy (non-hydrogen) atoms. The van der Waals surface area contributed by atoms with Gasteiger partial charge in [0, 0.05) is 20.6 Å². The highest BCUT2D eigenvalue weighted by atomic mass is 79.9. The van der Waals surface area contributed by atoms with Crippen molar-refractivity contribution in [1.29, 1.82) is 0 Å². The number of rotatable bonds is 4. The number of hydrogen-bond acceptors (Lipinski definition) is 1. The first-order chi connectivity index (χ1) is 9.52. The SMILES string of the molecule is CNC(Cc1c(Cl)cccc1Cl)c1ccc(C)c(Br)c1. The largest absolute Gasteiger partial charge is 0.313 e. The molecule has 1 nitrogen and oxygen atoms in total. The molecular weight excluding hydrogens is 357 g/mol. The van der Waals surface area contributed by atoms with E-state index in [1.54, 1.807) is 0 Å². The first-order valence-electron chi connectivity index (χ1n) is 6.39. The Labute approximate surface area is 138 Å². The highest BCUT2D eigenvalue weighted by molar-refractivity contribution is 9.10. The smallest absolute Gasteiger partial charge is 0.0453 e. The molecule has 0 amide bonds. The minimum atomic E-state index is 0.171. The van der Waals surface area contributed by atoms with E-state index in [0.29, 0.717) is 10.0 Å². The van der Waals surface area contributed by atoms with Gasteiger partial charge in [-0.05, 0) is 55.3 Å². The lowest BCUT2D eigenvalue weighted by Crippen LogP contribution is -2.19. The molecule has 0 saturated heterocycles. The summed E-state index contributed by atoms with van der Waals surface area (Å²) in [4.78, 5) is 0. The highest BCUT2D eigenvalue weighted by Crippen LogP contribution is 2.30. The van der Waals surface area contributed by atoms with E-state index in [0.717, 1.165) is 16.5 Å². The molecule has 0 aromatic heterocycles. The van der Waals surface area contributed by atoms with Crippen molar-refractivity contribution in [3.63, 3.8) is 0 Å². The van der Waals surface area contributed by atoms with Crippen molar-refractivity contribution in [1.82, 2.24) is 5.32 Å². The van der Waals surface area contributed by atoms with Crippen LogP contribution in [0.4, 0.5) is 0 Å². The van der Waals surface area contributed by atoms with Gasteiger partial charge in [0.1, 0.15) is 0 Å². The van der Waals surface area contributed by atoms with Crippen LogP contribution in [0.3, 0.4) is 0 Å². The van der Waals surface area contributed by atoms with Crippen molar-refractivity contribution in [3.05, 3.63) is 67.6 Å². The molecule has 2 rings (SSSR count). The van der Waals surface area contributed by atoms with E-state index >= 15 is 0 Å². The first-order valence-corrected chi connectivity index (χ1v) is 7.94. The lowest BCUT2D eigenvalue weighted by Gasteiger charge is -2.19. The summed E-state index contributed by atoms with van der Waals surface area (Å²) in [5, 5.41) is 4.75. The number of nitrogens with one attached hydrogen (secondary N) is 1. The number of hydrogen-bond donors (Lipinski definition) is 1. The summed E-state index contributed by atoms with van der Waals surface area (Å²) in [6.45, 7) is 2.08. The third-order valence-electron chi connectivity index (χ3n) is 3.42. The third kappa shape index (κ3) is 3.56. The Morgan fingerprint density at radius 1 is 1.15 bits per heavy atom. The minimum Gasteiger partial charge on any atom is -0.313 e. The summed E-state index contributed by atoms with van der Waals surface area (Å²) in [7, 11) is 1.95. The molecule has 0 saturated carbocycles. The lowest BCUT2D eigenvalue weighted by molar-refractivity contribution is 0.592. The Balaban J connectivity index is 2.31. The van der Waals surface area contributed by atoms with Gasteiger partial charge in [0.2, 0.25) is 0 Å². The molecule has 0 spiro atoms. The van der Waals surface area contributed by atoms with Crippen LogP contribution >= 0.6 is 39.1 Å². The van der Waals surface area contributed by atoms with Gasteiger partial charge in [-0.1, -0.05) is 57.3 Å². The standard InChI is InChI=1S/C16H16BrCl2N/c1-10-6-7-11(8-13(10)17)16(20-2)9-12-14(18)4-3-5-15(12)19/h3-8,16,20H,9H2,1-2H3. The highest BCUT2D eigenvalue weighted by Gasteiger charge is 2.15. The number of benzene rings is 2. The fourth-order valence-corrected chi connectivity index (χ4v) is 3.09. The zero-order valence-electron chi connectivity index (χ0n) is 11.4. The monoisotopic (exact) mass is 371 g/mol. The van der Waals surface area contributed by atoms with E-state index in [1.807, 2.05) is 25.2 Å². The second kappa shape index (κ2) is 6.95. The molecule has 1 N–H and O–H groups in total. The van der Waals surface area contributed by atoms with Crippen LogP contribution in [0.2, 0.25) is 10.0 Å². The number of aryl methyl sites for hydroxylation is 1. The third-order valence-corrected chi connectivity index (χ3v) is 4.98. The summed E-state index contributed by atoms with van der Waals surface area (Å²) < 4.78 is 1.11. The Morgan fingerprint density at radius 3 is 2.35 bits per heavy atom. The van der Waals surface area contributed by atoms with E-state index in [1.165, 1.54) is 11.1 Å². The van der Waals surface area contributed by atoms with Crippen molar-refractivity contribution < 1.29 is 0 Å². The maximum atomic E-state index is 6.25. The molecule has 2 aromatic rings. The van der Waals surface area contributed by atoms with Crippen molar-refractivity contribution >= 4 is 39.1 Å². The van der Waals surface area contributed by atoms with Gasteiger partial charge in [0.25, 0.3) is 0 Å². The molecule has 1 atom stereocenters. The molecule has 0 aliphatic carbocycles. The fourth-order valence-electron chi connectivity index (χ4n) is 2.14. The summed E-state index contributed by atoms with van der Waals surface area (Å²) in [6.07, 6.45) is 0.754. The molecule has 0 bridgehead atoms. The zero-order chi connectivity index (χ0) is 14.7. The van der Waals surface area contributed by atoms with Gasteiger partial charge in [-0.3, -0.25) is 0 Å². The van der Waals surface area contributed by atoms with Crippen molar-refractivity contribution in [2.75, 3.05) is 7.05 Å². The quantitative estimate of drug-likeness (QED) is 0.739. The predicted octanol–water partition coefficient (Wildman–Crippen LogP) is 5.57. The number of halogens is 3. The average Bonchev–Trinajstić information content (AvgIpc) is 2.42. The van der Waals surface area contributed by atoms with E-state index in [4.69, 9.17) is 23.2 Å². The van der Waals surface area contributed by atoms with Gasteiger partial charge in [-0.2, -0.15) is 0 Å². The van der Waals surface area contributed by atoms with Crippen LogP contribution in [-0.4, -0.2) is 7.05 Å². The molecule has 4 heteroatoms. The van der Waals surface area contributed by atoms with Gasteiger partial charge >= 0.3 is 0 Å². The summed E-state index contributed by atoms with van der Waals surface area (Å²) in [5.74, 6) is 0. The predicted molar refractivity (Wildman–Crippen MR) is 90.8 cm³/mol. The molecule has 106 valence electrons. The molecule has 0 radical (unpaired) electrons. The Bertz CT molecular complexity index is 593. The topological polar surface area (TPSA) is 12.0 Å². The fraction of sp³-hybridized carbons (Fsp3) is 0.250. The van der Waals surface area contributed by atoms with Crippen LogP contribution in [0.1, 0.15) is 22.7 Å². The minimum absolute atomic E-state index is 0.171. The molecule has 1 unspecified atom stereocenters. The molecule has 0 aliphatic heterocycles. The van der Waals surface area contributed by atoms with Crippen LogP contribution < -0.4 is 5.32 Å².